The Morgan fingerprint density at radius 3 is 2.72 bits per heavy atom. The Morgan fingerprint density at radius 2 is 2.00 bits per heavy atom. The Balaban J connectivity index is 1.77. The second kappa shape index (κ2) is 6.76. The Kier molecular flexibility index (Phi) is 4.52. The van der Waals surface area contributed by atoms with Crippen molar-refractivity contribution in [3.05, 3.63) is 69.8 Å². The summed E-state index contributed by atoms with van der Waals surface area (Å²) in [6, 6.07) is 10.9. The number of nitrogens with one attached hydrogen (secondary N) is 1. The van der Waals surface area contributed by atoms with Crippen molar-refractivity contribution in [2.75, 3.05) is 12.4 Å². The number of methoxy groups -OCH3 is 1. The van der Waals surface area contributed by atoms with E-state index >= 15 is 0 Å². The van der Waals surface area contributed by atoms with Crippen molar-refractivity contribution >= 4 is 22.6 Å². The van der Waals surface area contributed by atoms with Gasteiger partial charge in [-0.2, -0.15) is 0 Å². The molecule has 3 rings (SSSR count). The molecule has 5 nitrogen and oxygen atoms in total. The summed E-state index contributed by atoms with van der Waals surface area (Å²) in [5.41, 5.74) is 1.79. The van der Waals surface area contributed by atoms with E-state index < -0.39 is 11.4 Å². The third-order valence-corrected chi connectivity index (χ3v) is 3.82. The number of hydrogen-bond acceptors (Lipinski definition) is 4. The van der Waals surface area contributed by atoms with Crippen LogP contribution in [0.1, 0.15) is 11.1 Å². The number of carbonyl (C=O) groups is 1. The van der Waals surface area contributed by atoms with E-state index in [0.717, 1.165) is 10.9 Å². The van der Waals surface area contributed by atoms with Crippen molar-refractivity contribution in [2.45, 2.75) is 13.3 Å². The first-order chi connectivity index (χ1) is 12.0. The molecule has 1 amide bonds. The third kappa shape index (κ3) is 3.68. The smallest absolute Gasteiger partial charge is 0.336 e. The maximum atomic E-state index is 13.7. The zero-order chi connectivity index (χ0) is 18.0. The summed E-state index contributed by atoms with van der Waals surface area (Å²) >= 11 is 0. The van der Waals surface area contributed by atoms with E-state index in [1.165, 1.54) is 25.3 Å². The molecule has 1 heterocycles. The first-order valence-electron chi connectivity index (χ1n) is 7.63. The van der Waals surface area contributed by atoms with E-state index in [4.69, 9.17) is 9.15 Å². The SMILES string of the molecule is COc1ccc(CC(=O)Nc2ccc3c(C)cc(=O)oc3c2)cc1F. The average Bonchev–Trinajstić information content (AvgIpc) is 2.54. The predicted octanol–water partition coefficient (Wildman–Crippen LogP) is 3.43. The van der Waals surface area contributed by atoms with Crippen LogP contribution in [-0.2, 0) is 11.2 Å². The lowest BCUT2D eigenvalue weighted by Gasteiger charge is -2.08. The van der Waals surface area contributed by atoms with Crippen LogP contribution in [0.15, 0.2) is 51.7 Å². The fraction of sp³-hybridized carbons (Fsp3) is 0.158. The van der Waals surface area contributed by atoms with Gasteiger partial charge in [0, 0.05) is 23.2 Å². The Morgan fingerprint density at radius 1 is 1.20 bits per heavy atom. The molecule has 0 spiro atoms. The van der Waals surface area contributed by atoms with E-state index in [1.807, 2.05) is 6.92 Å². The van der Waals surface area contributed by atoms with Gasteiger partial charge in [0.2, 0.25) is 5.91 Å². The fourth-order valence-electron chi connectivity index (χ4n) is 2.61. The number of ether oxygens (including phenoxy) is 1. The average molecular weight is 341 g/mol. The van der Waals surface area contributed by atoms with Crippen molar-refractivity contribution in [1.82, 2.24) is 0 Å². The number of rotatable bonds is 4. The van der Waals surface area contributed by atoms with Crippen molar-refractivity contribution < 1.29 is 18.3 Å². The molecule has 1 N–H and O–H groups in total. The van der Waals surface area contributed by atoms with Crippen molar-refractivity contribution in [2.24, 2.45) is 0 Å². The maximum absolute atomic E-state index is 13.7. The van der Waals surface area contributed by atoms with E-state index in [2.05, 4.69) is 5.32 Å². The summed E-state index contributed by atoms with van der Waals surface area (Å²) in [6.45, 7) is 1.82. The summed E-state index contributed by atoms with van der Waals surface area (Å²) in [4.78, 5) is 23.6. The van der Waals surface area contributed by atoms with Crippen LogP contribution in [0.2, 0.25) is 0 Å². The van der Waals surface area contributed by atoms with Crippen molar-refractivity contribution in [1.29, 1.82) is 0 Å². The van der Waals surface area contributed by atoms with Crippen LogP contribution in [0.25, 0.3) is 11.0 Å². The fourth-order valence-corrected chi connectivity index (χ4v) is 2.61. The number of carbonyl (C=O) groups excluding carboxylic acids is 1. The molecular formula is C19H16FNO4. The second-order valence-electron chi connectivity index (χ2n) is 5.65. The van der Waals surface area contributed by atoms with Crippen LogP contribution in [0.3, 0.4) is 0 Å². The van der Waals surface area contributed by atoms with Gasteiger partial charge in [0.15, 0.2) is 11.6 Å². The minimum Gasteiger partial charge on any atom is -0.494 e. The zero-order valence-electron chi connectivity index (χ0n) is 13.8. The molecule has 25 heavy (non-hydrogen) atoms. The second-order valence-corrected chi connectivity index (χ2v) is 5.65. The van der Waals surface area contributed by atoms with Gasteiger partial charge in [-0.15, -0.1) is 0 Å². The molecule has 1 aromatic heterocycles. The molecule has 6 heteroatoms. The van der Waals surface area contributed by atoms with Gasteiger partial charge >= 0.3 is 5.63 Å². The molecule has 0 fully saturated rings. The van der Waals surface area contributed by atoms with Gasteiger partial charge in [0.1, 0.15) is 5.58 Å². The molecule has 128 valence electrons. The van der Waals surface area contributed by atoms with E-state index in [9.17, 15) is 14.0 Å². The Hall–Kier alpha value is -3.15. The number of hydrogen-bond donors (Lipinski definition) is 1. The van der Waals surface area contributed by atoms with Gasteiger partial charge in [0.05, 0.1) is 13.5 Å². The monoisotopic (exact) mass is 341 g/mol. The summed E-state index contributed by atoms with van der Waals surface area (Å²) in [5, 5.41) is 3.52. The Bertz CT molecular complexity index is 1010. The molecule has 0 aliphatic carbocycles. The minimum atomic E-state index is -0.518. The third-order valence-electron chi connectivity index (χ3n) is 3.82. The maximum Gasteiger partial charge on any atom is 0.336 e. The number of fused-ring (bicyclic) bond motifs is 1. The zero-order valence-corrected chi connectivity index (χ0v) is 13.8. The highest BCUT2D eigenvalue weighted by Gasteiger charge is 2.09. The lowest BCUT2D eigenvalue weighted by atomic mass is 10.1. The summed E-state index contributed by atoms with van der Waals surface area (Å²) in [6.07, 6.45) is 0.0106. The van der Waals surface area contributed by atoms with Crippen LogP contribution >= 0.6 is 0 Å². The first-order valence-corrected chi connectivity index (χ1v) is 7.63. The number of aryl methyl sites for hydroxylation is 1. The minimum absolute atomic E-state index is 0.0106. The topological polar surface area (TPSA) is 68.5 Å². The molecule has 2 aromatic carbocycles. The van der Waals surface area contributed by atoms with Gasteiger partial charge in [-0.3, -0.25) is 4.79 Å². The highest BCUT2D eigenvalue weighted by atomic mass is 19.1. The molecule has 0 bridgehead atoms. The number of halogens is 1. The van der Waals surface area contributed by atoms with Crippen LogP contribution in [0, 0.1) is 12.7 Å². The molecule has 0 atom stereocenters. The lowest BCUT2D eigenvalue weighted by Crippen LogP contribution is -2.14. The quantitative estimate of drug-likeness (QED) is 0.738. The highest BCUT2D eigenvalue weighted by Crippen LogP contribution is 2.21. The molecule has 0 saturated carbocycles. The first kappa shape index (κ1) is 16.7. The molecule has 0 saturated heterocycles. The normalized spacial score (nSPS) is 10.7. The lowest BCUT2D eigenvalue weighted by molar-refractivity contribution is -0.115. The number of anilines is 1. The summed E-state index contributed by atoms with van der Waals surface area (Å²) < 4.78 is 23.7. The standard InChI is InChI=1S/C19H16FNO4/c1-11-7-19(23)25-17-10-13(4-5-14(11)17)21-18(22)9-12-3-6-16(24-2)15(20)8-12/h3-8,10H,9H2,1-2H3,(H,21,22). The molecular weight excluding hydrogens is 325 g/mol. The highest BCUT2D eigenvalue weighted by molar-refractivity contribution is 5.94. The van der Waals surface area contributed by atoms with Gasteiger partial charge in [-0.1, -0.05) is 6.07 Å². The molecule has 0 aliphatic rings. The molecule has 0 radical (unpaired) electrons. The number of benzene rings is 2. The van der Waals surface area contributed by atoms with Gasteiger partial charge in [-0.25, -0.2) is 9.18 Å². The van der Waals surface area contributed by atoms with Crippen molar-refractivity contribution in [3.8, 4) is 5.75 Å². The van der Waals surface area contributed by atoms with Crippen LogP contribution in [0.4, 0.5) is 10.1 Å². The summed E-state index contributed by atoms with van der Waals surface area (Å²) in [7, 11) is 1.38. The van der Waals surface area contributed by atoms with Crippen molar-refractivity contribution in [3.63, 3.8) is 0 Å². The van der Waals surface area contributed by atoms with Crippen LogP contribution in [-0.4, -0.2) is 13.0 Å². The predicted molar refractivity (Wildman–Crippen MR) is 92.5 cm³/mol. The Labute approximate surface area is 143 Å². The molecule has 3 aromatic rings. The molecule has 0 unspecified atom stereocenters. The van der Waals surface area contributed by atoms with E-state index in [1.54, 1.807) is 24.3 Å². The van der Waals surface area contributed by atoms with Gasteiger partial charge in [-0.05, 0) is 42.3 Å². The van der Waals surface area contributed by atoms with Gasteiger partial charge < -0.3 is 14.5 Å². The molecule has 0 aliphatic heterocycles. The van der Waals surface area contributed by atoms with E-state index in [0.29, 0.717) is 16.8 Å². The van der Waals surface area contributed by atoms with Crippen LogP contribution < -0.4 is 15.7 Å². The van der Waals surface area contributed by atoms with Gasteiger partial charge in [0.25, 0.3) is 0 Å². The summed E-state index contributed by atoms with van der Waals surface area (Å²) in [5.74, 6) is -0.696. The number of amides is 1. The largest absolute Gasteiger partial charge is 0.494 e. The van der Waals surface area contributed by atoms with Crippen LogP contribution in [0.5, 0.6) is 5.75 Å². The van der Waals surface area contributed by atoms with E-state index in [-0.39, 0.29) is 18.1 Å².